The van der Waals surface area contributed by atoms with Gasteiger partial charge in [-0.1, -0.05) is 9.46 Å². The molecule has 156 valence electrons. The quantitative estimate of drug-likeness (QED) is 0.332. The van der Waals surface area contributed by atoms with Crippen LogP contribution in [-0.2, 0) is 20.2 Å². The number of hydrogen-bond donors (Lipinski definition) is 0. The van der Waals surface area contributed by atoms with Crippen molar-refractivity contribution in [2.75, 3.05) is 12.5 Å². The van der Waals surface area contributed by atoms with Gasteiger partial charge in [0, 0.05) is 0 Å². The van der Waals surface area contributed by atoms with Crippen LogP contribution >= 0.6 is 0 Å². The lowest BCUT2D eigenvalue weighted by Crippen LogP contribution is -2.35. The van der Waals surface area contributed by atoms with Gasteiger partial charge in [0.2, 0.25) is 0 Å². The zero-order valence-electron chi connectivity index (χ0n) is 15.1. The predicted octanol–water partition coefficient (Wildman–Crippen LogP) is -2.16. The minimum atomic E-state index is -4.16. The van der Waals surface area contributed by atoms with Crippen molar-refractivity contribution < 1.29 is 25.4 Å². The van der Waals surface area contributed by atoms with Crippen LogP contribution < -0.4 is 30.8 Å². The molecule has 0 saturated carbocycles. The first-order valence-electron chi connectivity index (χ1n) is 7.95. The maximum atomic E-state index is 12.4. The standard InChI is InChI=1S/C16H10N2O10S2/c1-29(23,24)27-17-13(19)9-3-7-5-11-12(6-8(7)4-10(9)14(17)20)16(22)18(15(11)21)28-30(2,25)26/h3-6H,1-2H3. The topological polar surface area (TPSA) is 165 Å². The van der Waals surface area contributed by atoms with E-state index in [1.165, 1.54) is 24.3 Å². The average Bonchev–Trinajstić information content (AvgIpc) is 2.97. The molecule has 0 N–H and O–H groups in total. The van der Waals surface area contributed by atoms with Crippen molar-refractivity contribution in [2.45, 2.75) is 0 Å². The van der Waals surface area contributed by atoms with Gasteiger partial charge in [-0.2, -0.15) is 16.8 Å². The van der Waals surface area contributed by atoms with Gasteiger partial charge in [-0.3, -0.25) is 27.7 Å². The highest BCUT2D eigenvalue weighted by Crippen LogP contribution is 2.23. The molecule has 2 aromatic heterocycles. The summed E-state index contributed by atoms with van der Waals surface area (Å²) in [7, 11) is -8.31. The lowest BCUT2D eigenvalue weighted by Gasteiger charge is -1.98. The molecule has 2 aromatic carbocycles. The van der Waals surface area contributed by atoms with E-state index >= 15 is 0 Å². The molecule has 4 aromatic rings. The molecule has 0 fully saturated rings. The fraction of sp³-hybridized carbons (Fsp3) is 0.125. The molecule has 0 unspecified atom stereocenters. The van der Waals surface area contributed by atoms with E-state index in [-0.39, 0.29) is 41.8 Å². The number of aromatic nitrogens is 2. The first-order chi connectivity index (χ1) is 13.8. The van der Waals surface area contributed by atoms with Crippen LogP contribution in [0.25, 0.3) is 32.3 Å². The van der Waals surface area contributed by atoms with Gasteiger partial charge >= 0.3 is 20.2 Å². The fourth-order valence-electron chi connectivity index (χ4n) is 3.09. The van der Waals surface area contributed by atoms with Gasteiger partial charge in [0.05, 0.1) is 34.1 Å². The highest BCUT2D eigenvalue weighted by atomic mass is 32.2. The Morgan fingerprint density at radius 1 is 0.567 bits per heavy atom. The van der Waals surface area contributed by atoms with Crippen molar-refractivity contribution in [1.82, 2.24) is 9.46 Å². The summed E-state index contributed by atoms with van der Waals surface area (Å²) in [6.45, 7) is 0. The second-order valence-corrected chi connectivity index (χ2v) is 9.62. The van der Waals surface area contributed by atoms with E-state index < -0.39 is 42.5 Å². The third kappa shape index (κ3) is 3.05. The smallest absolute Gasteiger partial charge is 0.281 e. The highest BCUT2D eigenvalue weighted by molar-refractivity contribution is 7.86. The molecule has 30 heavy (non-hydrogen) atoms. The molecule has 0 atom stereocenters. The summed E-state index contributed by atoms with van der Waals surface area (Å²) in [6.07, 6.45) is 1.33. The molecule has 0 radical (unpaired) electrons. The third-order valence-electron chi connectivity index (χ3n) is 4.19. The maximum absolute atomic E-state index is 12.4. The Hall–Kier alpha value is -3.52. The number of benzene rings is 2. The molecule has 0 amide bonds. The fourth-order valence-corrected chi connectivity index (χ4v) is 3.90. The molecular formula is C16H10N2O10S2. The molecule has 4 rings (SSSR count). The number of rotatable bonds is 4. The molecule has 0 saturated heterocycles. The van der Waals surface area contributed by atoms with Crippen molar-refractivity contribution in [1.29, 1.82) is 0 Å². The van der Waals surface area contributed by atoms with Gasteiger partial charge < -0.3 is 0 Å². The summed E-state index contributed by atoms with van der Waals surface area (Å²) in [5, 5.41) is -0.155. The Morgan fingerprint density at radius 2 is 0.800 bits per heavy atom. The summed E-state index contributed by atoms with van der Waals surface area (Å²) >= 11 is 0. The first kappa shape index (κ1) is 19.8. The van der Waals surface area contributed by atoms with E-state index in [0.717, 1.165) is 0 Å². The van der Waals surface area contributed by atoms with Crippen LogP contribution in [-0.4, -0.2) is 38.8 Å². The second kappa shape index (κ2) is 5.99. The molecule has 0 bridgehead atoms. The number of hydrogen-bond acceptors (Lipinski definition) is 10. The molecule has 12 nitrogen and oxygen atoms in total. The van der Waals surface area contributed by atoms with Crippen LogP contribution in [0.1, 0.15) is 0 Å². The summed E-state index contributed by atoms with van der Waals surface area (Å²) in [5.41, 5.74) is -4.08. The van der Waals surface area contributed by atoms with Crippen LogP contribution in [0.5, 0.6) is 0 Å². The van der Waals surface area contributed by atoms with Crippen LogP contribution in [0.2, 0.25) is 0 Å². The zero-order chi connectivity index (χ0) is 22.2. The van der Waals surface area contributed by atoms with Crippen LogP contribution in [0.3, 0.4) is 0 Å². The van der Waals surface area contributed by atoms with Crippen molar-refractivity contribution >= 4 is 52.6 Å². The molecule has 14 heteroatoms. The molecular weight excluding hydrogens is 444 g/mol. The Labute approximate surface area is 165 Å². The summed E-state index contributed by atoms with van der Waals surface area (Å²) in [5.74, 6) is 0. The minimum absolute atomic E-state index is 0.102. The van der Waals surface area contributed by atoms with Gasteiger partial charge in [-0.25, -0.2) is 0 Å². The molecule has 0 spiro atoms. The van der Waals surface area contributed by atoms with Crippen molar-refractivity contribution in [3.05, 3.63) is 65.7 Å². The van der Waals surface area contributed by atoms with Crippen molar-refractivity contribution in [3.8, 4) is 0 Å². The number of fused-ring (bicyclic) bond motifs is 3. The monoisotopic (exact) mass is 454 g/mol. The van der Waals surface area contributed by atoms with Gasteiger partial charge in [-0.05, 0) is 35.0 Å². The molecule has 0 aliphatic carbocycles. The lowest BCUT2D eigenvalue weighted by molar-refractivity contribution is 0.265. The van der Waals surface area contributed by atoms with Crippen LogP contribution in [0.4, 0.5) is 0 Å². The SMILES string of the molecule is CS(=O)(=O)On1c(=O)c2cc3cc4c(=O)n(OS(C)(=O)=O)c(=O)c4cc3cc2c1=O. The Kier molecular flexibility index (Phi) is 3.95. The lowest BCUT2D eigenvalue weighted by atomic mass is 10.0. The van der Waals surface area contributed by atoms with E-state index in [1.54, 1.807) is 0 Å². The number of nitrogens with zero attached hydrogens (tertiary/aromatic N) is 2. The Bertz CT molecular complexity index is 1590. The normalized spacial score (nSPS) is 12.7. The molecule has 0 aliphatic rings. The molecule has 0 aliphatic heterocycles. The van der Waals surface area contributed by atoms with E-state index in [1.807, 2.05) is 0 Å². The van der Waals surface area contributed by atoms with E-state index in [0.29, 0.717) is 12.5 Å². The summed E-state index contributed by atoms with van der Waals surface area (Å²) < 4.78 is 54.2. The van der Waals surface area contributed by atoms with E-state index in [4.69, 9.17) is 0 Å². The second-order valence-electron chi connectivity index (χ2n) is 6.51. The van der Waals surface area contributed by atoms with E-state index in [9.17, 15) is 36.0 Å². The Morgan fingerprint density at radius 3 is 1.00 bits per heavy atom. The third-order valence-corrected chi connectivity index (χ3v) is 5.03. The summed E-state index contributed by atoms with van der Waals surface area (Å²) in [6, 6.07) is 4.92. The maximum Gasteiger partial charge on any atom is 0.324 e. The first-order valence-corrected chi connectivity index (χ1v) is 11.6. The summed E-state index contributed by atoms with van der Waals surface area (Å²) in [4.78, 5) is 49.5. The zero-order valence-corrected chi connectivity index (χ0v) is 16.7. The van der Waals surface area contributed by atoms with Gasteiger partial charge in [0.25, 0.3) is 22.2 Å². The van der Waals surface area contributed by atoms with Crippen LogP contribution in [0.15, 0.2) is 43.4 Å². The minimum Gasteiger partial charge on any atom is -0.281 e. The highest BCUT2D eigenvalue weighted by Gasteiger charge is 2.21. The van der Waals surface area contributed by atoms with Crippen molar-refractivity contribution in [2.24, 2.45) is 0 Å². The van der Waals surface area contributed by atoms with Crippen molar-refractivity contribution in [3.63, 3.8) is 0 Å². The van der Waals surface area contributed by atoms with Crippen LogP contribution in [0, 0.1) is 0 Å². The molecule has 2 heterocycles. The van der Waals surface area contributed by atoms with Gasteiger partial charge in [0.15, 0.2) is 0 Å². The van der Waals surface area contributed by atoms with Gasteiger partial charge in [0.1, 0.15) is 0 Å². The predicted molar refractivity (Wildman–Crippen MR) is 105 cm³/mol. The van der Waals surface area contributed by atoms with Gasteiger partial charge in [-0.15, -0.1) is 0 Å². The average molecular weight is 454 g/mol. The largest absolute Gasteiger partial charge is 0.324 e. The van der Waals surface area contributed by atoms with E-state index in [2.05, 4.69) is 8.57 Å². The Balaban J connectivity index is 2.07.